The van der Waals surface area contributed by atoms with Gasteiger partial charge in [0.2, 0.25) is 0 Å². The third-order valence-electron chi connectivity index (χ3n) is 2.77. The van der Waals surface area contributed by atoms with Crippen molar-refractivity contribution in [2.45, 2.75) is 41.0 Å². The molecule has 84 valence electrons. The van der Waals surface area contributed by atoms with E-state index in [9.17, 15) is 0 Å². The first-order chi connectivity index (χ1) is 6.94. The fourth-order valence-electron chi connectivity index (χ4n) is 1.15. The summed E-state index contributed by atoms with van der Waals surface area (Å²) in [4.78, 5) is 8.72. The van der Waals surface area contributed by atoms with Gasteiger partial charge >= 0.3 is 0 Å². The molecule has 1 heterocycles. The SMILES string of the molecule is CCC(C)(C)CNc1nc(C)cnc1C. The Morgan fingerprint density at radius 2 is 2.00 bits per heavy atom. The van der Waals surface area contributed by atoms with E-state index >= 15 is 0 Å². The topological polar surface area (TPSA) is 37.8 Å². The van der Waals surface area contributed by atoms with Crippen molar-refractivity contribution in [1.29, 1.82) is 0 Å². The van der Waals surface area contributed by atoms with Crippen LogP contribution >= 0.6 is 0 Å². The Balaban J connectivity index is 2.69. The molecule has 1 rings (SSSR count). The second kappa shape index (κ2) is 4.60. The number of anilines is 1. The molecular formula is C12H21N3. The maximum absolute atomic E-state index is 4.44. The van der Waals surface area contributed by atoms with Crippen LogP contribution < -0.4 is 5.32 Å². The molecule has 0 fully saturated rings. The van der Waals surface area contributed by atoms with E-state index < -0.39 is 0 Å². The predicted molar refractivity (Wildman–Crippen MR) is 64.1 cm³/mol. The second-order valence-corrected chi connectivity index (χ2v) is 4.82. The normalized spacial score (nSPS) is 11.5. The summed E-state index contributed by atoms with van der Waals surface area (Å²) in [6, 6.07) is 0. The zero-order chi connectivity index (χ0) is 11.5. The van der Waals surface area contributed by atoms with Crippen LogP contribution in [0.1, 0.15) is 38.6 Å². The molecule has 15 heavy (non-hydrogen) atoms. The number of hydrogen-bond donors (Lipinski definition) is 1. The third-order valence-corrected chi connectivity index (χ3v) is 2.77. The predicted octanol–water partition coefficient (Wildman–Crippen LogP) is 2.94. The minimum Gasteiger partial charge on any atom is -0.368 e. The van der Waals surface area contributed by atoms with Gasteiger partial charge in [-0.1, -0.05) is 20.8 Å². The smallest absolute Gasteiger partial charge is 0.147 e. The highest BCUT2D eigenvalue weighted by molar-refractivity contribution is 5.39. The van der Waals surface area contributed by atoms with E-state index in [1.807, 2.05) is 13.8 Å². The van der Waals surface area contributed by atoms with Crippen molar-refractivity contribution in [2.75, 3.05) is 11.9 Å². The van der Waals surface area contributed by atoms with Gasteiger partial charge in [0.1, 0.15) is 5.82 Å². The van der Waals surface area contributed by atoms with Crippen molar-refractivity contribution in [3.8, 4) is 0 Å². The fourth-order valence-corrected chi connectivity index (χ4v) is 1.15. The van der Waals surface area contributed by atoms with Gasteiger partial charge in [-0.15, -0.1) is 0 Å². The van der Waals surface area contributed by atoms with Crippen LogP contribution in [-0.4, -0.2) is 16.5 Å². The largest absolute Gasteiger partial charge is 0.368 e. The molecule has 0 unspecified atom stereocenters. The van der Waals surface area contributed by atoms with E-state index in [2.05, 4.69) is 36.1 Å². The Kier molecular flexibility index (Phi) is 3.66. The van der Waals surface area contributed by atoms with Crippen LogP contribution in [0.2, 0.25) is 0 Å². The average Bonchev–Trinajstić information content (AvgIpc) is 2.20. The zero-order valence-corrected chi connectivity index (χ0v) is 10.4. The maximum atomic E-state index is 4.44. The number of aromatic nitrogens is 2. The van der Waals surface area contributed by atoms with Crippen molar-refractivity contribution in [1.82, 2.24) is 9.97 Å². The molecule has 0 saturated heterocycles. The quantitative estimate of drug-likeness (QED) is 0.825. The molecule has 0 aliphatic rings. The fraction of sp³-hybridized carbons (Fsp3) is 0.667. The van der Waals surface area contributed by atoms with Gasteiger partial charge in [-0.2, -0.15) is 0 Å². The van der Waals surface area contributed by atoms with Crippen LogP contribution in [0.15, 0.2) is 6.20 Å². The van der Waals surface area contributed by atoms with Gasteiger partial charge in [0.25, 0.3) is 0 Å². The standard InChI is InChI=1S/C12H21N3/c1-6-12(4,5)8-14-11-10(3)13-7-9(2)15-11/h7H,6,8H2,1-5H3,(H,14,15). The monoisotopic (exact) mass is 207 g/mol. The van der Waals surface area contributed by atoms with Gasteiger partial charge in [-0.05, 0) is 25.7 Å². The lowest BCUT2D eigenvalue weighted by molar-refractivity contribution is 0.376. The number of nitrogens with zero attached hydrogens (tertiary/aromatic N) is 2. The molecule has 0 aliphatic carbocycles. The highest BCUT2D eigenvalue weighted by Gasteiger charge is 2.15. The summed E-state index contributed by atoms with van der Waals surface area (Å²) in [6.07, 6.45) is 2.95. The lowest BCUT2D eigenvalue weighted by Crippen LogP contribution is -2.23. The van der Waals surface area contributed by atoms with E-state index in [-0.39, 0.29) is 0 Å². The molecule has 0 amide bonds. The van der Waals surface area contributed by atoms with Gasteiger partial charge in [-0.3, -0.25) is 4.98 Å². The van der Waals surface area contributed by atoms with E-state index in [1.54, 1.807) is 6.20 Å². The van der Waals surface area contributed by atoms with Gasteiger partial charge in [0, 0.05) is 12.7 Å². The number of aryl methyl sites for hydroxylation is 2. The van der Waals surface area contributed by atoms with Crippen LogP contribution in [-0.2, 0) is 0 Å². The van der Waals surface area contributed by atoms with E-state index in [1.165, 1.54) is 0 Å². The summed E-state index contributed by atoms with van der Waals surface area (Å²) >= 11 is 0. The van der Waals surface area contributed by atoms with Crippen molar-refractivity contribution in [3.63, 3.8) is 0 Å². The number of nitrogens with one attached hydrogen (secondary N) is 1. The van der Waals surface area contributed by atoms with E-state index in [0.29, 0.717) is 5.41 Å². The lowest BCUT2D eigenvalue weighted by Gasteiger charge is -2.23. The molecule has 0 radical (unpaired) electrons. The van der Waals surface area contributed by atoms with Gasteiger partial charge in [0.15, 0.2) is 0 Å². The van der Waals surface area contributed by atoms with Crippen LogP contribution in [0.3, 0.4) is 0 Å². The molecule has 0 spiro atoms. The summed E-state index contributed by atoms with van der Waals surface area (Å²) in [5.41, 5.74) is 2.22. The third kappa shape index (κ3) is 3.50. The summed E-state index contributed by atoms with van der Waals surface area (Å²) in [5, 5.41) is 3.37. The van der Waals surface area contributed by atoms with Crippen molar-refractivity contribution in [2.24, 2.45) is 5.41 Å². The second-order valence-electron chi connectivity index (χ2n) is 4.82. The van der Waals surface area contributed by atoms with Crippen molar-refractivity contribution >= 4 is 5.82 Å². The molecule has 3 heteroatoms. The maximum Gasteiger partial charge on any atom is 0.147 e. The Labute approximate surface area is 92.3 Å². The molecule has 1 N–H and O–H groups in total. The van der Waals surface area contributed by atoms with Crippen molar-refractivity contribution in [3.05, 3.63) is 17.6 Å². The average molecular weight is 207 g/mol. The number of hydrogen-bond acceptors (Lipinski definition) is 3. The molecule has 1 aromatic heterocycles. The summed E-state index contributed by atoms with van der Waals surface area (Å²) in [5.74, 6) is 0.913. The summed E-state index contributed by atoms with van der Waals surface area (Å²) < 4.78 is 0. The Hall–Kier alpha value is -1.12. The van der Waals surface area contributed by atoms with Gasteiger partial charge in [0.05, 0.1) is 11.4 Å². The highest BCUT2D eigenvalue weighted by Crippen LogP contribution is 2.20. The molecule has 0 saturated carbocycles. The van der Waals surface area contributed by atoms with Crippen LogP contribution in [0.25, 0.3) is 0 Å². The van der Waals surface area contributed by atoms with E-state index in [0.717, 1.165) is 30.2 Å². The first-order valence-electron chi connectivity index (χ1n) is 5.49. The molecule has 0 atom stereocenters. The highest BCUT2D eigenvalue weighted by atomic mass is 15.0. The van der Waals surface area contributed by atoms with Crippen LogP contribution in [0.4, 0.5) is 5.82 Å². The minimum absolute atomic E-state index is 0.303. The zero-order valence-electron chi connectivity index (χ0n) is 10.4. The molecule has 3 nitrogen and oxygen atoms in total. The Morgan fingerprint density at radius 3 is 2.60 bits per heavy atom. The number of rotatable bonds is 4. The summed E-state index contributed by atoms with van der Waals surface area (Å²) in [6.45, 7) is 11.6. The summed E-state index contributed by atoms with van der Waals surface area (Å²) in [7, 11) is 0. The minimum atomic E-state index is 0.303. The Morgan fingerprint density at radius 1 is 1.33 bits per heavy atom. The Bertz CT molecular complexity index is 332. The van der Waals surface area contributed by atoms with Gasteiger partial charge in [-0.25, -0.2) is 4.98 Å². The molecule has 0 bridgehead atoms. The van der Waals surface area contributed by atoms with E-state index in [4.69, 9.17) is 0 Å². The van der Waals surface area contributed by atoms with Crippen LogP contribution in [0.5, 0.6) is 0 Å². The van der Waals surface area contributed by atoms with Crippen LogP contribution in [0, 0.1) is 19.3 Å². The molecule has 1 aromatic rings. The lowest BCUT2D eigenvalue weighted by atomic mass is 9.90. The molecular weight excluding hydrogens is 186 g/mol. The molecule has 0 aromatic carbocycles. The van der Waals surface area contributed by atoms with Gasteiger partial charge < -0.3 is 5.32 Å². The molecule has 0 aliphatic heterocycles. The first-order valence-corrected chi connectivity index (χ1v) is 5.49. The first kappa shape index (κ1) is 12.0. The van der Waals surface area contributed by atoms with Crippen molar-refractivity contribution < 1.29 is 0 Å².